The molecule has 3 heteroatoms. The summed E-state index contributed by atoms with van der Waals surface area (Å²) in [6.07, 6.45) is 0.736. The van der Waals surface area contributed by atoms with Crippen LogP contribution < -0.4 is 0 Å². The van der Waals surface area contributed by atoms with Crippen molar-refractivity contribution in [1.82, 2.24) is 0 Å². The number of rotatable bonds is 0. The van der Waals surface area contributed by atoms with Gasteiger partial charge in [0.05, 0.1) is 4.90 Å². The molecule has 0 atom stereocenters. The Hall–Kier alpha value is -0.700. The summed E-state index contributed by atoms with van der Waals surface area (Å²) >= 11 is 1.52. The first-order valence-corrected chi connectivity index (χ1v) is 4.41. The van der Waals surface area contributed by atoms with Crippen LogP contribution in [0.3, 0.4) is 0 Å². The average Bonchev–Trinajstić information content (AvgIpc) is 2.45. The number of fused-ring (bicyclic) bond motifs is 1. The Morgan fingerprint density at radius 3 is 3.00 bits per heavy atom. The fourth-order valence-corrected chi connectivity index (χ4v) is 2.34. The van der Waals surface area contributed by atoms with Gasteiger partial charge in [-0.25, -0.2) is 4.39 Å². The van der Waals surface area contributed by atoms with E-state index in [0.717, 1.165) is 17.1 Å². The molecule has 0 aliphatic carbocycles. The van der Waals surface area contributed by atoms with Crippen molar-refractivity contribution in [2.75, 3.05) is 5.75 Å². The van der Waals surface area contributed by atoms with Gasteiger partial charge in [-0.05, 0) is 18.6 Å². The second kappa shape index (κ2) is 2.41. The number of hydrogen-bond donors (Lipinski definition) is 1. The molecular weight excluding hydrogens is 163 g/mol. The third kappa shape index (κ3) is 0.997. The minimum absolute atomic E-state index is 0.192. The molecule has 58 valence electrons. The zero-order chi connectivity index (χ0) is 7.84. The standard InChI is InChI=1S/C8H7FOS/c9-6-1-2-7(10)8-5(6)3-4-11-8/h1-2,10H,3-4H2. The normalized spacial score (nSPS) is 15.0. The average molecular weight is 170 g/mol. The summed E-state index contributed by atoms with van der Waals surface area (Å²) in [5.41, 5.74) is 0.676. The van der Waals surface area contributed by atoms with Gasteiger partial charge in [-0.3, -0.25) is 0 Å². The van der Waals surface area contributed by atoms with Crippen LogP contribution in [0.15, 0.2) is 17.0 Å². The molecule has 1 aromatic carbocycles. The molecule has 0 unspecified atom stereocenters. The maximum Gasteiger partial charge on any atom is 0.129 e. The van der Waals surface area contributed by atoms with Crippen LogP contribution in [-0.4, -0.2) is 10.9 Å². The van der Waals surface area contributed by atoms with Crippen molar-refractivity contribution in [3.05, 3.63) is 23.5 Å². The quantitative estimate of drug-likeness (QED) is 0.644. The zero-order valence-corrected chi connectivity index (χ0v) is 6.62. The van der Waals surface area contributed by atoms with E-state index < -0.39 is 0 Å². The number of hydrogen-bond acceptors (Lipinski definition) is 2. The Morgan fingerprint density at radius 1 is 1.45 bits per heavy atom. The number of benzene rings is 1. The molecule has 0 saturated heterocycles. The summed E-state index contributed by atoms with van der Waals surface area (Å²) in [6.45, 7) is 0. The number of aromatic hydroxyl groups is 1. The van der Waals surface area contributed by atoms with Crippen LogP contribution in [0.2, 0.25) is 0 Å². The number of phenolic OH excluding ortho intramolecular Hbond substituents is 1. The predicted octanol–water partition coefficient (Wildman–Crippen LogP) is 2.18. The number of thioether (sulfide) groups is 1. The molecular formula is C8H7FOS. The minimum Gasteiger partial charge on any atom is -0.507 e. The van der Waals surface area contributed by atoms with E-state index in [1.54, 1.807) is 0 Å². The SMILES string of the molecule is Oc1ccc(F)c2c1SCC2. The lowest BCUT2D eigenvalue weighted by Crippen LogP contribution is -1.86. The summed E-state index contributed by atoms with van der Waals surface area (Å²) in [5.74, 6) is 0.899. The fourth-order valence-electron chi connectivity index (χ4n) is 1.24. The highest BCUT2D eigenvalue weighted by Gasteiger charge is 2.18. The molecule has 0 bridgehead atoms. The first-order chi connectivity index (χ1) is 5.29. The van der Waals surface area contributed by atoms with Gasteiger partial charge in [-0.1, -0.05) is 0 Å². The van der Waals surface area contributed by atoms with Crippen molar-refractivity contribution in [2.24, 2.45) is 0 Å². The van der Waals surface area contributed by atoms with Crippen LogP contribution in [0.4, 0.5) is 4.39 Å². The monoisotopic (exact) mass is 170 g/mol. The zero-order valence-electron chi connectivity index (χ0n) is 5.80. The van der Waals surface area contributed by atoms with Crippen molar-refractivity contribution in [3.8, 4) is 5.75 Å². The smallest absolute Gasteiger partial charge is 0.129 e. The molecule has 0 aromatic heterocycles. The molecule has 1 aliphatic heterocycles. The molecule has 1 nitrogen and oxygen atoms in total. The lowest BCUT2D eigenvalue weighted by Gasteiger charge is -2.00. The van der Waals surface area contributed by atoms with Gasteiger partial charge in [0.25, 0.3) is 0 Å². The Morgan fingerprint density at radius 2 is 2.27 bits per heavy atom. The van der Waals surface area contributed by atoms with Crippen LogP contribution in [-0.2, 0) is 6.42 Å². The van der Waals surface area contributed by atoms with E-state index >= 15 is 0 Å². The minimum atomic E-state index is -0.192. The summed E-state index contributed by atoms with van der Waals surface area (Å²) in [6, 6.07) is 2.73. The van der Waals surface area contributed by atoms with E-state index in [1.807, 2.05) is 0 Å². The van der Waals surface area contributed by atoms with E-state index in [1.165, 1.54) is 23.9 Å². The van der Waals surface area contributed by atoms with Crippen molar-refractivity contribution >= 4 is 11.8 Å². The van der Waals surface area contributed by atoms with Crippen molar-refractivity contribution in [1.29, 1.82) is 0 Å². The van der Waals surface area contributed by atoms with Crippen LogP contribution >= 0.6 is 11.8 Å². The second-order valence-corrected chi connectivity index (χ2v) is 3.58. The predicted molar refractivity (Wildman–Crippen MR) is 42.5 cm³/mol. The third-order valence-electron chi connectivity index (χ3n) is 1.78. The molecule has 1 aliphatic rings. The molecule has 0 radical (unpaired) electrons. The van der Waals surface area contributed by atoms with Gasteiger partial charge < -0.3 is 5.11 Å². The molecule has 0 saturated carbocycles. The topological polar surface area (TPSA) is 20.2 Å². The van der Waals surface area contributed by atoms with Gasteiger partial charge in [0, 0.05) is 11.3 Å². The third-order valence-corrected chi connectivity index (χ3v) is 2.93. The highest BCUT2D eigenvalue weighted by atomic mass is 32.2. The Bertz CT molecular complexity index is 269. The maximum absolute atomic E-state index is 12.9. The molecule has 0 fully saturated rings. The Labute approximate surface area is 68.2 Å². The number of halogens is 1. The maximum atomic E-state index is 12.9. The number of phenols is 1. The van der Waals surface area contributed by atoms with E-state index in [2.05, 4.69) is 0 Å². The first kappa shape index (κ1) is 6.98. The largest absolute Gasteiger partial charge is 0.507 e. The molecule has 0 amide bonds. The van der Waals surface area contributed by atoms with Gasteiger partial charge in [-0.15, -0.1) is 11.8 Å². The molecule has 1 aromatic rings. The van der Waals surface area contributed by atoms with Crippen LogP contribution in [0.5, 0.6) is 5.75 Å². The summed E-state index contributed by atoms with van der Waals surface area (Å²) in [7, 11) is 0. The summed E-state index contributed by atoms with van der Waals surface area (Å²) in [4.78, 5) is 0.727. The Balaban J connectivity index is 2.64. The molecule has 1 N–H and O–H groups in total. The first-order valence-electron chi connectivity index (χ1n) is 3.42. The molecule has 11 heavy (non-hydrogen) atoms. The van der Waals surface area contributed by atoms with Gasteiger partial charge in [0.1, 0.15) is 11.6 Å². The lowest BCUT2D eigenvalue weighted by atomic mass is 10.1. The molecule has 2 rings (SSSR count). The highest BCUT2D eigenvalue weighted by molar-refractivity contribution is 7.99. The highest BCUT2D eigenvalue weighted by Crippen LogP contribution is 2.39. The van der Waals surface area contributed by atoms with Gasteiger partial charge >= 0.3 is 0 Å². The van der Waals surface area contributed by atoms with E-state index in [0.29, 0.717) is 5.56 Å². The van der Waals surface area contributed by atoms with E-state index in [-0.39, 0.29) is 11.6 Å². The second-order valence-electron chi connectivity index (χ2n) is 2.47. The van der Waals surface area contributed by atoms with Gasteiger partial charge in [-0.2, -0.15) is 0 Å². The summed E-state index contributed by atoms with van der Waals surface area (Å²) < 4.78 is 12.9. The Kier molecular flexibility index (Phi) is 1.53. The van der Waals surface area contributed by atoms with E-state index in [9.17, 15) is 9.50 Å². The fraction of sp³-hybridized carbons (Fsp3) is 0.250. The van der Waals surface area contributed by atoms with Crippen LogP contribution in [0, 0.1) is 5.82 Å². The van der Waals surface area contributed by atoms with E-state index in [4.69, 9.17) is 0 Å². The van der Waals surface area contributed by atoms with Gasteiger partial charge in [0.15, 0.2) is 0 Å². The van der Waals surface area contributed by atoms with Crippen LogP contribution in [0.1, 0.15) is 5.56 Å². The van der Waals surface area contributed by atoms with Gasteiger partial charge in [0.2, 0.25) is 0 Å². The summed E-state index contributed by atoms with van der Waals surface area (Å²) in [5, 5.41) is 9.27. The van der Waals surface area contributed by atoms with Crippen LogP contribution in [0.25, 0.3) is 0 Å². The van der Waals surface area contributed by atoms with Crippen molar-refractivity contribution in [3.63, 3.8) is 0 Å². The lowest BCUT2D eigenvalue weighted by molar-refractivity contribution is 0.457. The van der Waals surface area contributed by atoms with Crippen molar-refractivity contribution < 1.29 is 9.50 Å². The molecule has 1 heterocycles. The molecule has 0 spiro atoms. The van der Waals surface area contributed by atoms with Crippen molar-refractivity contribution in [2.45, 2.75) is 11.3 Å².